The molecule has 0 aliphatic heterocycles. The SMILES string of the molecule is CCc1cccc(C)c1NC(=O)COc1ccc(C=O)cc1[N+](=O)[O-]. The van der Waals surface area contributed by atoms with Gasteiger partial charge in [-0.3, -0.25) is 19.7 Å². The van der Waals surface area contributed by atoms with E-state index in [0.717, 1.165) is 29.3 Å². The van der Waals surface area contributed by atoms with Crippen molar-refractivity contribution in [2.45, 2.75) is 20.3 Å². The van der Waals surface area contributed by atoms with Gasteiger partial charge in [0.15, 0.2) is 12.4 Å². The Labute approximate surface area is 144 Å². The van der Waals surface area contributed by atoms with Gasteiger partial charge in [-0.25, -0.2) is 0 Å². The third-order valence-electron chi connectivity index (χ3n) is 3.68. The lowest BCUT2D eigenvalue weighted by Gasteiger charge is -2.13. The van der Waals surface area contributed by atoms with Gasteiger partial charge in [-0.1, -0.05) is 25.1 Å². The predicted octanol–water partition coefficient (Wildman–Crippen LogP) is 3.30. The maximum absolute atomic E-state index is 12.1. The summed E-state index contributed by atoms with van der Waals surface area (Å²) in [5, 5.41) is 13.8. The average Bonchev–Trinajstić information content (AvgIpc) is 2.61. The van der Waals surface area contributed by atoms with E-state index < -0.39 is 10.8 Å². The molecular weight excluding hydrogens is 324 g/mol. The summed E-state index contributed by atoms with van der Waals surface area (Å²) in [5.41, 5.74) is 2.45. The lowest BCUT2D eigenvalue weighted by Crippen LogP contribution is -2.21. The highest BCUT2D eigenvalue weighted by Gasteiger charge is 2.17. The molecule has 0 aliphatic carbocycles. The number of para-hydroxylation sites is 1. The fourth-order valence-electron chi connectivity index (χ4n) is 2.39. The third-order valence-corrected chi connectivity index (χ3v) is 3.68. The van der Waals surface area contributed by atoms with Crippen molar-refractivity contribution in [3.63, 3.8) is 0 Å². The van der Waals surface area contributed by atoms with Crippen LogP contribution in [0.5, 0.6) is 5.75 Å². The van der Waals surface area contributed by atoms with Crippen LogP contribution in [0.2, 0.25) is 0 Å². The van der Waals surface area contributed by atoms with Crippen LogP contribution < -0.4 is 10.1 Å². The number of ether oxygens (including phenoxy) is 1. The molecule has 0 heterocycles. The standard InChI is InChI=1S/C18H18N2O5/c1-3-14-6-4-5-12(2)18(14)19-17(22)11-25-16-8-7-13(10-21)9-15(16)20(23)24/h4-10H,3,11H2,1-2H3,(H,19,22). The lowest BCUT2D eigenvalue weighted by molar-refractivity contribution is -0.385. The first-order chi connectivity index (χ1) is 12.0. The number of hydrogen-bond acceptors (Lipinski definition) is 5. The Morgan fingerprint density at radius 2 is 2.08 bits per heavy atom. The highest BCUT2D eigenvalue weighted by Crippen LogP contribution is 2.27. The van der Waals surface area contributed by atoms with Crippen LogP contribution in [0, 0.1) is 17.0 Å². The van der Waals surface area contributed by atoms with Crippen LogP contribution in [0.3, 0.4) is 0 Å². The molecule has 25 heavy (non-hydrogen) atoms. The van der Waals surface area contributed by atoms with Gasteiger partial charge >= 0.3 is 5.69 Å². The van der Waals surface area contributed by atoms with E-state index in [4.69, 9.17) is 4.74 Å². The Balaban J connectivity index is 2.11. The van der Waals surface area contributed by atoms with Gasteiger partial charge in [-0.05, 0) is 36.6 Å². The molecule has 0 spiro atoms. The van der Waals surface area contributed by atoms with Crippen molar-refractivity contribution in [3.05, 3.63) is 63.2 Å². The smallest absolute Gasteiger partial charge is 0.311 e. The van der Waals surface area contributed by atoms with Crippen LogP contribution >= 0.6 is 0 Å². The second kappa shape index (κ2) is 8.05. The minimum absolute atomic E-state index is 0.0637. The molecule has 0 aromatic heterocycles. The molecule has 1 amide bonds. The van der Waals surface area contributed by atoms with Gasteiger partial charge in [0, 0.05) is 17.3 Å². The molecule has 2 rings (SSSR count). The van der Waals surface area contributed by atoms with Gasteiger partial charge in [-0.2, -0.15) is 0 Å². The van der Waals surface area contributed by atoms with E-state index in [0.29, 0.717) is 6.29 Å². The Kier molecular flexibility index (Phi) is 5.84. The molecule has 1 N–H and O–H groups in total. The number of carbonyl (C=O) groups excluding carboxylic acids is 2. The summed E-state index contributed by atoms with van der Waals surface area (Å²) >= 11 is 0. The molecule has 2 aromatic carbocycles. The number of aryl methyl sites for hydroxylation is 2. The van der Waals surface area contributed by atoms with Gasteiger partial charge in [-0.15, -0.1) is 0 Å². The van der Waals surface area contributed by atoms with Gasteiger partial charge in [0.2, 0.25) is 0 Å². The van der Waals surface area contributed by atoms with E-state index in [1.54, 1.807) is 0 Å². The molecule has 2 aromatic rings. The maximum atomic E-state index is 12.1. The topological polar surface area (TPSA) is 98.5 Å². The highest BCUT2D eigenvalue weighted by atomic mass is 16.6. The Morgan fingerprint density at radius 1 is 1.32 bits per heavy atom. The van der Waals surface area contributed by atoms with Crippen molar-refractivity contribution in [2.24, 2.45) is 0 Å². The van der Waals surface area contributed by atoms with E-state index in [9.17, 15) is 19.7 Å². The van der Waals surface area contributed by atoms with Crippen LogP contribution in [0.4, 0.5) is 11.4 Å². The molecule has 0 atom stereocenters. The number of nitro groups is 1. The number of nitrogens with one attached hydrogen (secondary N) is 1. The van der Waals surface area contributed by atoms with E-state index in [1.807, 2.05) is 32.0 Å². The molecule has 0 saturated heterocycles. The zero-order valence-corrected chi connectivity index (χ0v) is 13.9. The molecule has 0 radical (unpaired) electrons. The molecule has 0 fully saturated rings. The van der Waals surface area contributed by atoms with Gasteiger partial charge in [0.25, 0.3) is 5.91 Å². The Bertz CT molecular complexity index is 817. The summed E-state index contributed by atoms with van der Waals surface area (Å²) in [6.45, 7) is 3.50. The van der Waals surface area contributed by atoms with Crippen molar-refractivity contribution >= 4 is 23.6 Å². The largest absolute Gasteiger partial charge is 0.477 e. The van der Waals surface area contributed by atoms with Crippen LogP contribution in [-0.4, -0.2) is 23.7 Å². The summed E-state index contributed by atoms with van der Waals surface area (Å²) < 4.78 is 5.28. The summed E-state index contributed by atoms with van der Waals surface area (Å²) in [6, 6.07) is 9.53. The minimum atomic E-state index is -0.656. The van der Waals surface area contributed by atoms with E-state index in [2.05, 4.69) is 5.32 Å². The molecule has 0 bridgehead atoms. The predicted molar refractivity (Wildman–Crippen MR) is 93.2 cm³/mol. The zero-order chi connectivity index (χ0) is 18.4. The number of benzene rings is 2. The fraction of sp³-hybridized carbons (Fsp3) is 0.222. The second-order valence-electron chi connectivity index (χ2n) is 5.40. The van der Waals surface area contributed by atoms with E-state index >= 15 is 0 Å². The summed E-state index contributed by atoms with van der Waals surface area (Å²) in [4.78, 5) is 33.3. The van der Waals surface area contributed by atoms with Gasteiger partial charge in [0.1, 0.15) is 6.29 Å². The Hall–Kier alpha value is -3.22. The van der Waals surface area contributed by atoms with Crippen LogP contribution in [0.1, 0.15) is 28.4 Å². The van der Waals surface area contributed by atoms with Crippen molar-refractivity contribution < 1.29 is 19.2 Å². The van der Waals surface area contributed by atoms with E-state index in [-0.39, 0.29) is 23.6 Å². The monoisotopic (exact) mass is 342 g/mol. The normalized spacial score (nSPS) is 10.2. The van der Waals surface area contributed by atoms with Crippen molar-refractivity contribution in [3.8, 4) is 5.75 Å². The fourth-order valence-corrected chi connectivity index (χ4v) is 2.39. The number of anilines is 1. The van der Waals surface area contributed by atoms with Crippen LogP contribution in [0.25, 0.3) is 0 Å². The van der Waals surface area contributed by atoms with Crippen molar-refractivity contribution in [1.29, 1.82) is 0 Å². The van der Waals surface area contributed by atoms with Crippen LogP contribution in [-0.2, 0) is 11.2 Å². The minimum Gasteiger partial charge on any atom is -0.477 e. The first-order valence-electron chi connectivity index (χ1n) is 7.71. The van der Waals surface area contributed by atoms with Crippen LogP contribution in [0.15, 0.2) is 36.4 Å². The number of carbonyl (C=O) groups is 2. The summed E-state index contributed by atoms with van der Waals surface area (Å²) in [5.74, 6) is -0.482. The molecular formula is C18H18N2O5. The zero-order valence-electron chi connectivity index (χ0n) is 13.9. The number of hydrogen-bond donors (Lipinski definition) is 1. The van der Waals surface area contributed by atoms with Gasteiger partial charge < -0.3 is 10.1 Å². The molecule has 0 aliphatic rings. The summed E-state index contributed by atoms with van der Waals surface area (Å²) in [6.07, 6.45) is 1.27. The maximum Gasteiger partial charge on any atom is 0.311 e. The molecule has 130 valence electrons. The molecule has 0 unspecified atom stereocenters. The molecule has 7 nitrogen and oxygen atoms in total. The molecule has 0 saturated carbocycles. The first kappa shape index (κ1) is 18.1. The van der Waals surface area contributed by atoms with Gasteiger partial charge in [0.05, 0.1) is 4.92 Å². The third kappa shape index (κ3) is 4.41. The lowest BCUT2D eigenvalue weighted by atomic mass is 10.1. The average molecular weight is 342 g/mol. The number of aldehydes is 1. The second-order valence-corrected chi connectivity index (χ2v) is 5.40. The molecule has 7 heteroatoms. The number of nitrogens with zero attached hydrogens (tertiary/aromatic N) is 1. The number of rotatable bonds is 7. The number of nitro benzene ring substituents is 1. The number of amides is 1. The first-order valence-corrected chi connectivity index (χ1v) is 7.71. The van der Waals surface area contributed by atoms with Crippen molar-refractivity contribution in [1.82, 2.24) is 0 Å². The van der Waals surface area contributed by atoms with E-state index in [1.165, 1.54) is 12.1 Å². The highest BCUT2D eigenvalue weighted by molar-refractivity contribution is 5.93. The Morgan fingerprint density at radius 3 is 2.72 bits per heavy atom. The summed E-state index contributed by atoms with van der Waals surface area (Å²) in [7, 11) is 0. The quantitative estimate of drug-likeness (QED) is 0.473. The van der Waals surface area contributed by atoms with Crippen molar-refractivity contribution in [2.75, 3.05) is 11.9 Å².